The van der Waals surface area contributed by atoms with E-state index in [-0.39, 0.29) is 12.4 Å². The molecular formula is C17H18N2O2. The highest BCUT2D eigenvalue weighted by molar-refractivity contribution is 5.32. The van der Waals surface area contributed by atoms with Crippen LogP contribution in [0.2, 0.25) is 0 Å². The molecule has 0 bridgehead atoms. The minimum absolute atomic E-state index is 0.0240. The summed E-state index contributed by atoms with van der Waals surface area (Å²) in [6, 6.07) is 18.2. The number of rotatable bonds is 6. The van der Waals surface area contributed by atoms with Crippen LogP contribution in [-0.2, 0) is 6.54 Å². The first-order valence-corrected chi connectivity index (χ1v) is 6.82. The Morgan fingerprint density at radius 2 is 1.86 bits per heavy atom. The number of aliphatic hydroxyl groups excluding tert-OH is 1. The zero-order valence-corrected chi connectivity index (χ0v) is 11.7. The molecule has 0 aliphatic heterocycles. The molecule has 0 aliphatic rings. The van der Waals surface area contributed by atoms with Gasteiger partial charge in [-0.1, -0.05) is 42.5 Å². The molecule has 0 amide bonds. The fourth-order valence-electron chi connectivity index (χ4n) is 2.31. The highest BCUT2D eigenvalue weighted by Crippen LogP contribution is 2.24. The van der Waals surface area contributed by atoms with Crippen molar-refractivity contribution in [2.45, 2.75) is 12.6 Å². The average molecular weight is 282 g/mol. The van der Waals surface area contributed by atoms with E-state index < -0.39 is 6.04 Å². The number of phenolic OH excluding ortho intramolecular Hbond substituents is 1. The van der Waals surface area contributed by atoms with Crippen molar-refractivity contribution in [1.29, 1.82) is 5.26 Å². The molecule has 0 radical (unpaired) electrons. The van der Waals surface area contributed by atoms with Gasteiger partial charge in [-0.05, 0) is 23.3 Å². The van der Waals surface area contributed by atoms with Gasteiger partial charge < -0.3 is 10.2 Å². The summed E-state index contributed by atoms with van der Waals surface area (Å²) in [5, 5.41) is 28.3. The van der Waals surface area contributed by atoms with Crippen LogP contribution >= 0.6 is 0 Å². The molecule has 0 aromatic heterocycles. The molecule has 1 unspecified atom stereocenters. The standard InChI is InChI=1S/C17H18N2O2/c18-12-17(15-7-4-8-16(21)11-15)19(9-10-20)13-14-5-2-1-3-6-14/h1-8,11,17,20-21H,9-10,13H2. The van der Waals surface area contributed by atoms with Gasteiger partial charge >= 0.3 is 0 Å². The predicted molar refractivity (Wildman–Crippen MR) is 80.4 cm³/mol. The second-order valence-corrected chi connectivity index (χ2v) is 4.81. The van der Waals surface area contributed by atoms with Gasteiger partial charge in [0.2, 0.25) is 0 Å². The molecule has 0 spiro atoms. The molecule has 0 heterocycles. The summed E-state index contributed by atoms with van der Waals surface area (Å²) in [6.07, 6.45) is 0. The largest absolute Gasteiger partial charge is 0.508 e. The molecule has 2 aromatic rings. The van der Waals surface area contributed by atoms with Gasteiger partial charge in [0, 0.05) is 13.1 Å². The smallest absolute Gasteiger partial charge is 0.124 e. The number of phenols is 1. The lowest BCUT2D eigenvalue weighted by atomic mass is 10.0. The summed E-state index contributed by atoms with van der Waals surface area (Å²) in [5.41, 5.74) is 1.80. The lowest BCUT2D eigenvalue weighted by molar-refractivity contribution is 0.167. The molecule has 2 aromatic carbocycles. The summed E-state index contributed by atoms with van der Waals surface area (Å²) in [7, 11) is 0. The Morgan fingerprint density at radius 3 is 2.48 bits per heavy atom. The van der Waals surface area contributed by atoms with E-state index in [0.29, 0.717) is 13.1 Å². The Morgan fingerprint density at radius 1 is 1.10 bits per heavy atom. The van der Waals surface area contributed by atoms with Gasteiger partial charge in [0.15, 0.2) is 0 Å². The molecular weight excluding hydrogens is 264 g/mol. The van der Waals surface area contributed by atoms with Crippen molar-refractivity contribution in [1.82, 2.24) is 4.90 Å². The number of hydrogen-bond donors (Lipinski definition) is 2. The average Bonchev–Trinajstić information content (AvgIpc) is 2.49. The fraction of sp³-hybridized carbons (Fsp3) is 0.235. The predicted octanol–water partition coefficient (Wildman–Crippen LogP) is 2.45. The third-order valence-corrected chi connectivity index (χ3v) is 3.29. The van der Waals surface area contributed by atoms with E-state index in [9.17, 15) is 15.5 Å². The molecule has 0 saturated heterocycles. The summed E-state index contributed by atoms with van der Waals surface area (Å²) in [6.45, 7) is 0.932. The summed E-state index contributed by atoms with van der Waals surface area (Å²) >= 11 is 0. The van der Waals surface area contributed by atoms with E-state index >= 15 is 0 Å². The molecule has 4 heteroatoms. The van der Waals surface area contributed by atoms with Crippen molar-refractivity contribution < 1.29 is 10.2 Å². The third-order valence-electron chi connectivity index (χ3n) is 3.29. The molecule has 2 rings (SSSR count). The van der Waals surface area contributed by atoms with Crippen LogP contribution < -0.4 is 0 Å². The van der Waals surface area contributed by atoms with Gasteiger partial charge in [-0.2, -0.15) is 5.26 Å². The van der Waals surface area contributed by atoms with Crippen molar-refractivity contribution in [2.75, 3.05) is 13.2 Å². The van der Waals surface area contributed by atoms with E-state index in [1.807, 2.05) is 41.3 Å². The zero-order valence-electron chi connectivity index (χ0n) is 11.7. The fourth-order valence-corrected chi connectivity index (χ4v) is 2.31. The van der Waals surface area contributed by atoms with Gasteiger partial charge in [-0.15, -0.1) is 0 Å². The topological polar surface area (TPSA) is 67.5 Å². The van der Waals surface area contributed by atoms with Crippen LogP contribution in [0.5, 0.6) is 5.75 Å². The van der Waals surface area contributed by atoms with Crippen LogP contribution in [0.25, 0.3) is 0 Å². The van der Waals surface area contributed by atoms with Crippen LogP contribution in [0, 0.1) is 11.3 Å². The quantitative estimate of drug-likeness (QED) is 0.854. The van der Waals surface area contributed by atoms with Crippen LogP contribution in [-0.4, -0.2) is 28.3 Å². The highest BCUT2D eigenvalue weighted by Gasteiger charge is 2.20. The molecule has 21 heavy (non-hydrogen) atoms. The molecule has 1 atom stereocenters. The van der Waals surface area contributed by atoms with Crippen molar-refractivity contribution in [3.63, 3.8) is 0 Å². The molecule has 4 nitrogen and oxygen atoms in total. The number of hydrogen-bond acceptors (Lipinski definition) is 4. The summed E-state index contributed by atoms with van der Waals surface area (Å²) < 4.78 is 0. The lowest BCUT2D eigenvalue weighted by Gasteiger charge is -2.26. The van der Waals surface area contributed by atoms with Gasteiger partial charge in [-0.25, -0.2) is 0 Å². The number of benzene rings is 2. The Bertz CT molecular complexity index is 608. The van der Waals surface area contributed by atoms with Gasteiger partial charge in [0.05, 0.1) is 12.7 Å². The Labute approximate surface area is 124 Å². The number of nitriles is 1. The normalized spacial score (nSPS) is 12.0. The van der Waals surface area contributed by atoms with E-state index in [0.717, 1.165) is 11.1 Å². The van der Waals surface area contributed by atoms with Crippen molar-refractivity contribution in [2.24, 2.45) is 0 Å². The zero-order chi connectivity index (χ0) is 15.1. The Balaban J connectivity index is 2.24. The second kappa shape index (κ2) is 7.44. The first-order chi connectivity index (χ1) is 10.2. The first-order valence-electron chi connectivity index (χ1n) is 6.82. The maximum atomic E-state index is 9.58. The van der Waals surface area contributed by atoms with Crippen molar-refractivity contribution in [3.8, 4) is 11.8 Å². The SMILES string of the molecule is N#CC(c1cccc(O)c1)N(CCO)Cc1ccccc1. The molecule has 0 saturated carbocycles. The van der Waals surface area contributed by atoms with E-state index in [1.165, 1.54) is 0 Å². The van der Waals surface area contributed by atoms with E-state index in [4.69, 9.17) is 0 Å². The van der Waals surface area contributed by atoms with Gasteiger partial charge in [0.1, 0.15) is 11.8 Å². The van der Waals surface area contributed by atoms with E-state index in [2.05, 4.69) is 6.07 Å². The highest BCUT2D eigenvalue weighted by atomic mass is 16.3. The third kappa shape index (κ3) is 4.06. The maximum absolute atomic E-state index is 9.58. The monoisotopic (exact) mass is 282 g/mol. The number of aliphatic hydroxyl groups is 1. The van der Waals surface area contributed by atoms with Crippen molar-refractivity contribution in [3.05, 3.63) is 65.7 Å². The minimum Gasteiger partial charge on any atom is -0.508 e. The number of aromatic hydroxyl groups is 1. The molecule has 108 valence electrons. The van der Waals surface area contributed by atoms with Gasteiger partial charge in [-0.3, -0.25) is 4.90 Å². The molecule has 2 N–H and O–H groups in total. The second-order valence-electron chi connectivity index (χ2n) is 4.81. The van der Waals surface area contributed by atoms with Crippen molar-refractivity contribution >= 4 is 0 Å². The van der Waals surface area contributed by atoms with Crippen LogP contribution in [0.3, 0.4) is 0 Å². The van der Waals surface area contributed by atoms with Crippen LogP contribution in [0.1, 0.15) is 17.2 Å². The van der Waals surface area contributed by atoms with Crippen LogP contribution in [0.15, 0.2) is 54.6 Å². The first kappa shape index (κ1) is 15.0. The Hall–Kier alpha value is -2.35. The lowest BCUT2D eigenvalue weighted by Crippen LogP contribution is -2.30. The van der Waals surface area contributed by atoms with E-state index in [1.54, 1.807) is 18.2 Å². The number of nitrogens with zero attached hydrogens (tertiary/aromatic N) is 2. The van der Waals surface area contributed by atoms with Gasteiger partial charge in [0.25, 0.3) is 0 Å². The molecule has 0 fully saturated rings. The Kier molecular flexibility index (Phi) is 5.33. The van der Waals surface area contributed by atoms with Crippen LogP contribution in [0.4, 0.5) is 0 Å². The summed E-state index contributed by atoms with van der Waals surface area (Å²) in [4.78, 5) is 1.89. The molecule has 0 aliphatic carbocycles. The minimum atomic E-state index is -0.510. The maximum Gasteiger partial charge on any atom is 0.124 e. The summed E-state index contributed by atoms with van der Waals surface area (Å²) in [5.74, 6) is 0.136.